The molecule has 106 valence electrons. The molecule has 2 rings (SSSR count). The van der Waals surface area contributed by atoms with E-state index in [2.05, 4.69) is 23.1 Å². The topological polar surface area (TPSA) is 39.4 Å². The summed E-state index contributed by atoms with van der Waals surface area (Å²) in [5, 5.41) is 4.25. The van der Waals surface area contributed by atoms with E-state index in [1.165, 1.54) is 5.56 Å². The first-order valence-electron chi connectivity index (χ1n) is 6.75. The summed E-state index contributed by atoms with van der Waals surface area (Å²) < 4.78 is 7.22. The number of aromatic nitrogens is 2. The summed E-state index contributed by atoms with van der Waals surface area (Å²) in [7, 11) is 3.65. The Balaban J connectivity index is 2.04. The van der Waals surface area contributed by atoms with Crippen molar-refractivity contribution < 1.29 is 4.74 Å². The highest BCUT2D eigenvalue weighted by atomic mass is 16.5. The maximum absolute atomic E-state index is 5.35. The summed E-state index contributed by atoms with van der Waals surface area (Å²) in [5.41, 5.74) is 4.48. The number of benzene rings is 1. The molecule has 4 nitrogen and oxygen atoms in total. The summed E-state index contributed by atoms with van der Waals surface area (Å²) in [5.74, 6) is 0.929. The second-order valence-corrected chi connectivity index (χ2v) is 4.80. The maximum Gasteiger partial charge on any atom is 0.122 e. The van der Waals surface area contributed by atoms with Gasteiger partial charge in [0.2, 0.25) is 0 Å². The number of hydrogen-bond donors (Lipinski definition) is 0. The predicted octanol–water partition coefficient (Wildman–Crippen LogP) is 2.79. The average molecular weight is 271 g/mol. The van der Waals surface area contributed by atoms with Crippen LogP contribution in [0.15, 0.2) is 35.5 Å². The minimum absolute atomic E-state index is 0.751. The molecule has 20 heavy (non-hydrogen) atoms. The van der Waals surface area contributed by atoms with Gasteiger partial charge in [-0.15, -0.1) is 0 Å². The van der Waals surface area contributed by atoms with E-state index in [-0.39, 0.29) is 0 Å². The normalized spacial score (nSPS) is 11.7. The van der Waals surface area contributed by atoms with Crippen molar-refractivity contribution in [3.63, 3.8) is 0 Å². The van der Waals surface area contributed by atoms with Crippen LogP contribution in [0.1, 0.15) is 23.7 Å². The lowest BCUT2D eigenvalue weighted by Gasteiger charge is -2.06. The Bertz CT molecular complexity index is 614. The molecule has 0 radical (unpaired) electrons. The van der Waals surface area contributed by atoms with Crippen LogP contribution in [-0.2, 0) is 13.5 Å². The van der Waals surface area contributed by atoms with Crippen LogP contribution in [0.25, 0.3) is 0 Å². The van der Waals surface area contributed by atoms with Crippen LogP contribution in [-0.4, -0.2) is 29.1 Å². The largest absolute Gasteiger partial charge is 0.496 e. The lowest BCUT2D eigenvalue weighted by atomic mass is 10.1. The molecular weight excluding hydrogens is 250 g/mol. The monoisotopic (exact) mass is 271 g/mol. The highest BCUT2D eigenvalue weighted by molar-refractivity contribution is 5.99. The van der Waals surface area contributed by atoms with Gasteiger partial charge >= 0.3 is 0 Å². The van der Waals surface area contributed by atoms with Gasteiger partial charge in [0.15, 0.2) is 0 Å². The highest BCUT2D eigenvalue weighted by Crippen LogP contribution is 2.17. The Morgan fingerprint density at radius 1 is 1.35 bits per heavy atom. The number of hydrogen-bond acceptors (Lipinski definition) is 3. The summed E-state index contributed by atoms with van der Waals surface area (Å²) in [6.07, 6.45) is 2.75. The van der Waals surface area contributed by atoms with Crippen LogP contribution in [0, 0.1) is 6.92 Å². The molecule has 4 heteroatoms. The summed E-state index contributed by atoms with van der Waals surface area (Å²) >= 11 is 0. The van der Waals surface area contributed by atoms with Crippen molar-refractivity contribution in [1.82, 2.24) is 9.78 Å². The van der Waals surface area contributed by atoms with Gasteiger partial charge in [-0.1, -0.05) is 18.2 Å². The second kappa shape index (κ2) is 6.37. The number of rotatable bonds is 5. The molecule has 0 unspecified atom stereocenters. The lowest BCUT2D eigenvalue weighted by molar-refractivity contribution is 0.410. The predicted molar refractivity (Wildman–Crippen MR) is 81.7 cm³/mol. The van der Waals surface area contributed by atoms with Crippen molar-refractivity contribution in [2.75, 3.05) is 13.7 Å². The standard InChI is InChI=1S/C16H21N3O/c1-12(15-11-18-19(3)13(15)2)17-10-9-14-7-5-6-8-16(14)20-4/h5-8,11H,9-10H2,1-4H3. The molecule has 1 heterocycles. The van der Waals surface area contributed by atoms with E-state index in [1.54, 1.807) is 7.11 Å². The smallest absolute Gasteiger partial charge is 0.122 e. The molecule has 0 aliphatic heterocycles. The van der Waals surface area contributed by atoms with Gasteiger partial charge in [-0.3, -0.25) is 9.67 Å². The Labute approximate surface area is 120 Å². The lowest BCUT2D eigenvalue weighted by Crippen LogP contribution is -2.01. The van der Waals surface area contributed by atoms with Crippen molar-refractivity contribution in [3.8, 4) is 5.75 Å². The zero-order valence-electron chi connectivity index (χ0n) is 12.6. The zero-order valence-corrected chi connectivity index (χ0v) is 12.6. The zero-order chi connectivity index (χ0) is 14.5. The third-order valence-corrected chi connectivity index (χ3v) is 3.55. The maximum atomic E-state index is 5.35. The third-order valence-electron chi connectivity index (χ3n) is 3.55. The summed E-state index contributed by atoms with van der Waals surface area (Å²) in [4.78, 5) is 4.65. The van der Waals surface area contributed by atoms with Gasteiger partial charge in [0, 0.05) is 30.6 Å². The number of aryl methyl sites for hydroxylation is 1. The van der Waals surface area contributed by atoms with Crippen molar-refractivity contribution in [2.24, 2.45) is 12.0 Å². The molecule has 1 aromatic heterocycles. The Kier molecular flexibility index (Phi) is 4.56. The van der Waals surface area contributed by atoms with Crippen LogP contribution in [0.3, 0.4) is 0 Å². The summed E-state index contributed by atoms with van der Waals surface area (Å²) in [6, 6.07) is 8.08. The Hall–Kier alpha value is -2.10. The molecule has 0 spiro atoms. The average Bonchev–Trinajstić information content (AvgIpc) is 2.79. The fourth-order valence-electron chi connectivity index (χ4n) is 2.19. The van der Waals surface area contributed by atoms with E-state index in [0.29, 0.717) is 0 Å². The molecule has 1 aromatic carbocycles. The minimum Gasteiger partial charge on any atom is -0.496 e. The fourth-order valence-corrected chi connectivity index (χ4v) is 2.19. The van der Waals surface area contributed by atoms with Gasteiger partial charge in [0.25, 0.3) is 0 Å². The molecular formula is C16H21N3O. The van der Waals surface area contributed by atoms with Crippen LogP contribution in [0.2, 0.25) is 0 Å². The molecule has 0 aliphatic rings. The molecule has 0 aliphatic carbocycles. The van der Waals surface area contributed by atoms with E-state index in [9.17, 15) is 0 Å². The first kappa shape index (κ1) is 14.3. The molecule has 0 saturated carbocycles. The van der Waals surface area contributed by atoms with Crippen LogP contribution >= 0.6 is 0 Å². The minimum atomic E-state index is 0.751. The third kappa shape index (κ3) is 3.07. The van der Waals surface area contributed by atoms with E-state index in [0.717, 1.165) is 35.7 Å². The molecule has 0 fully saturated rings. The SMILES string of the molecule is COc1ccccc1CCN=C(C)c1cnn(C)c1C. The van der Waals surface area contributed by atoms with E-state index in [4.69, 9.17) is 4.74 Å². The summed E-state index contributed by atoms with van der Waals surface area (Å²) in [6.45, 7) is 4.84. The van der Waals surface area contributed by atoms with Gasteiger partial charge in [0.1, 0.15) is 5.75 Å². The highest BCUT2D eigenvalue weighted by Gasteiger charge is 2.06. The van der Waals surface area contributed by atoms with Crippen molar-refractivity contribution in [1.29, 1.82) is 0 Å². The molecule has 0 bridgehead atoms. The van der Waals surface area contributed by atoms with Crippen LogP contribution in [0.4, 0.5) is 0 Å². The van der Waals surface area contributed by atoms with Crippen LogP contribution in [0.5, 0.6) is 5.75 Å². The van der Waals surface area contributed by atoms with Crippen molar-refractivity contribution >= 4 is 5.71 Å². The number of nitrogens with zero attached hydrogens (tertiary/aromatic N) is 3. The van der Waals surface area contributed by atoms with Crippen molar-refractivity contribution in [2.45, 2.75) is 20.3 Å². The van der Waals surface area contributed by atoms with E-state index in [1.807, 2.05) is 43.0 Å². The quantitative estimate of drug-likeness (QED) is 0.784. The molecule has 0 N–H and O–H groups in total. The van der Waals surface area contributed by atoms with Gasteiger partial charge < -0.3 is 4.74 Å². The Morgan fingerprint density at radius 2 is 2.10 bits per heavy atom. The van der Waals surface area contributed by atoms with Crippen LogP contribution < -0.4 is 4.74 Å². The van der Waals surface area contributed by atoms with Gasteiger partial charge in [-0.05, 0) is 31.9 Å². The molecule has 2 aromatic rings. The first-order chi connectivity index (χ1) is 9.63. The van der Waals surface area contributed by atoms with E-state index < -0.39 is 0 Å². The molecule has 0 atom stereocenters. The van der Waals surface area contributed by atoms with E-state index >= 15 is 0 Å². The van der Waals surface area contributed by atoms with Crippen molar-refractivity contribution in [3.05, 3.63) is 47.3 Å². The first-order valence-corrected chi connectivity index (χ1v) is 6.75. The number of para-hydroxylation sites is 1. The second-order valence-electron chi connectivity index (χ2n) is 4.80. The molecule has 0 saturated heterocycles. The number of methoxy groups -OCH3 is 1. The molecule has 0 amide bonds. The Morgan fingerprint density at radius 3 is 2.75 bits per heavy atom. The number of aliphatic imine (C=N–C) groups is 1. The van der Waals surface area contributed by atoms with Gasteiger partial charge in [-0.25, -0.2) is 0 Å². The van der Waals surface area contributed by atoms with Gasteiger partial charge in [-0.2, -0.15) is 5.10 Å². The number of ether oxygens (including phenoxy) is 1. The fraction of sp³-hybridized carbons (Fsp3) is 0.375. The van der Waals surface area contributed by atoms with Gasteiger partial charge in [0.05, 0.1) is 13.3 Å².